The number of aliphatic hydroxyl groups is 2. The second-order valence-corrected chi connectivity index (χ2v) is 5.73. The summed E-state index contributed by atoms with van der Waals surface area (Å²) in [5.74, 6) is 4.84. The first-order valence-corrected chi connectivity index (χ1v) is 7.31. The summed E-state index contributed by atoms with van der Waals surface area (Å²) < 4.78 is 0. The highest BCUT2D eigenvalue weighted by molar-refractivity contribution is 8.03. The minimum absolute atomic E-state index is 0.129. The number of hydrogen-bond donors (Lipinski definition) is 3. The molecular weight excluding hydrogens is 218 g/mol. The van der Waals surface area contributed by atoms with Crippen LogP contribution in [0.15, 0.2) is 0 Å². The molecule has 1 aliphatic heterocycles. The molecule has 0 aromatic heterocycles. The Hall–Kier alpha value is 0.580. The molecule has 84 valence electrons. The normalized spacial score (nSPS) is 21.9. The third-order valence-electron chi connectivity index (χ3n) is 2.13. The Labute approximate surface area is 94.0 Å². The zero-order valence-corrected chi connectivity index (χ0v) is 9.95. The summed E-state index contributed by atoms with van der Waals surface area (Å²) in [7, 11) is 0. The van der Waals surface area contributed by atoms with Gasteiger partial charge in [-0.3, -0.25) is 0 Å². The highest BCUT2D eigenvalue weighted by Gasteiger charge is 2.12. The standard InChI is InChI=1S/C9H19NO2S2/c11-5-9(12)1-2-10-8-6-13-3-4-14-7-8/h8-12H,1-7H2/t9-/m0/s1. The van der Waals surface area contributed by atoms with Gasteiger partial charge >= 0.3 is 0 Å². The number of rotatable bonds is 5. The number of hydrogen-bond acceptors (Lipinski definition) is 5. The predicted octanol–water partition coefficient (Wildman–Crippen LogP) is 0.168. The van der Waals surface area contributed by atoms with Gasteiger partial charge in [-0.25, -0.2) is 0 Å². The van der Waals surface area contributed by atoms with Crippen LogP contribution in [0.3, 0.4) is 0 Å². The van der Waals surface area contributed by atoms with E-state index < -0.39 is 6.10 Å². The quantitative estimate of drug-likeness (QED) is 0.636. The number of nitrogens with one attached hydrogen (secondary N) is 1. The fourth-order valence-corrected chi connectivity index (χ4v) is 3.75. The van der Waals surface area contributed by atoms with E-state index in [9.17, 15) is 0 Å². The van der Waals surface area contributed by atoms with E-state index in [1.54, 1.807) is 0 Å². The van der Waals surface area contributed by atoms with Gasteiger partial charge in [0.1, 0.15) is 0 Å². The third kappa shape index (κ3) is 5.46. The molecule has 1 aliphatic rings. The van der Waals surface area contributed by atoms with E-state index in [0.717, 1.165) is 6.54 Å². The van der Waals surface area contributed by atoms with Crippen LogP contribution in [0, 0.1) is 0 Å². The van der Waals surface area contributed by atoms with Crippen LogP contribution in [0.25, 0.3) is 0 Å². The average molecular weight is 237 g/mol. The van der Waals surface area contributed by atoms with Crippen molar-refractivity contribution in [2.24, 2.45) is 0 Å². The van der Waals surface area contributed by atoms with Crippen LogP contribution >= 0.6 is 23.5 Å². The Morgan fingerprint density at radius 2 is 1.93 bits per heavy atom. The fourth-order valence-electron chi connectivity index (χ4n) is 1.28. The summed E-state index contributed by atoms with van der Waals surface area (Å²) in [4.78, 5) is 0. The summed E-state index contributed by atoms with van der Waals surface area (Å²) >= 11 is 3.99. The van der Waals surface area contributed by atoms with E-state index in [1.165, 1.54) is 23.0 Å². The van der Waals surface area contributed by atoms with Crippen molar-refractivity contribution in [1.29, 1.82) is 0 Å². The Kier molecular flexibility index (Phi) is 7.06. The maximum atomic E-state index is 9.14. The third-order valence-corrected chi connectivity index (χ3v) is 4.65. The maximum absolute atomic E-state index is 9.14. The zero-order chi connectivity index (χ0) is 10.2. The van der Waals surface area contributed by atoms with Crippen molar-refractivity contribution >= 4 is 23.5 Å². The van der Waals surface area contributed by atoms with Gasteiger partial charge in [-0.15, -0.1) is 0 Å². The van der Waals surface area contributed by atoms with Crippen molar-refractivity contribution in [3.63, 3.8) is 0 Å². The lowest BCUT2D eigenvalue weighted by Gasteiger charge is -2.16. The van der Waals surface area contributed by atoms with Crippen molar-refractivity contribution in [2.45, 2.75) is 18.6 Å². The van der Waals surface area contributed by atoms with Crippen LogP contribution in [0.1, 0.15) is 6.42 Å². The van der Waals surface area contributed by atoms with Crippen molar-refractivity contribution in [1.82, 2.24) is 5.32 Å². The Morgan fingerprint density at radius 3 is 2.50 bits per heavy atom. The maximum Gasteiger partial charge on any atom is 0.0783 e. The molecule has 1 rings (SSSR count). The molecule has 1 heterocycles. The van der Waals surface area contributed by atoms with Gasteiger partial charge in [-0.05, 0) is 13.0 Å². The predicted molar refractivity (Wildman–Crippen MR) is 64.2 cm³/mol. The first kappa shape index (κ1) is 12.6. The van der Waals surface area contributed by atoms with Gasteiger partial charge in [-0.1, -0.05) is 0 Å². The van der Waals surface area contributed by atoms with E-state index in [2.05, 4.69) is 5.32 Å². The van der Waals surface area contributed by atoms with Gasteiger partial charge < -0.3 is 15.5 Å². The summed E-state index contributed by atoms with van der Waals surface area (Å²) in [5, 5.41) is 21.2. The number of aliphatic hydroxyl groups excluding tert-OH is 2. The molecule has 5 heteroatoms. The van der Waals surface area contributed by atoms with Crippen LogP contribution in [-0.4, -0.2) is 58.5 Å². The van der Waals surface area contributed by atoms with Crippen LogP contribution < -0.4 is 5.32 Å². The minimum atomic E-state index is -0.561. The summed E-state index contributed by atoms with van der Waals surface area (Å²) in [6.45, 7) is 0.670. The largest absolute Gasteiger partial charge is 0.394 e. The molecule has 3 N–H and O–H groups in total. The molecule has 0 radical (unpaired) electrons. The average Bonchev–Trinajstić information content (AvgIpc) is 2.46. The summed E-state index contributed by atoms with van der Waals surface area (Å²) in [6.07, 6.45) is 0.0797. The van der Waals surface area contributed by atoms with Crippen LogP contribution in [0.5, 0.6) is 0 Å². The molecule has 0 amide bonds. The lowest BCUT2D eigenvalue weighted by molar-refractivity contribution is 0.0880. The Bertz CT molecular complexity index is 141. The molecule has 0 aromatic rings. The van der Waals surface area contributed by atoms with E-state index in [4.69, 9.17) is 10.2 Å². The molecule has 14 heavy (non-hydrogen) atoms. The van der Waals surface area contributed by atoms with Crippen molar-refractivity contribution in [3.05, 3.63) is 0 Å². The molecule has 0 unspecified atom stereocenters. The molecule has 1 atom stereocenters. The minimum Gasteiger partial charge on any atom is -0.394 e. The van der Waals surface area contributed by atoms with Gasteiger partial charge in [0.15, 0.2) is 0 Å². The molecule has 1 saturated heterocycles. The van der Waals surface area contributed by atoms with Gasteiger partial charge in [0.05, 0.1) is 12.7 Å². The van der Waals surface area contributed by atoms with E-state index in [1.807, 2.05) is 23.5 Å². The van der Waals surface area contributed by atoms with Crippen LogP contribution in [0.2, 0.25) is 0 Å². The first-order chi connectivity index (χ1) is 6.83. The fraction of sp³-hybridized carbons (Fsp3) is 1.00. The molecule has 0 aliphatic carbocycles. The zero-order valence-electron chi connectivity index (χ0n) is 8.32. The topological polar surface area (TPSA) is 52.5 Å². The van der Waals surface area contributed by atoms with E-state index in [0.29, 0.717) is 12.5 Å². The second kappa shape index (κ2) is 7.82. The van der Waals surface area contributed by atoms with E-state index >= 15 is 0 Å². The highest BCUT2D eigenvalue weighted by atomic mass is 32.2. The number of thioether (sulfide) groups is 2. The SMILES string of the molecule is OC[C@@H](O)CCNC1CSCCSC1. The molecule has 0 spiro atoms. The summed E-state index contributed by atoms with van der Waals surface area (Å²) in [6, 6.07) is 0.568. The van der Waals surface area contributed by atoms with Gasteiger partial charge in [0, 0.05) is 29.1 Å². The molecule has 1 fully saturated rings. The molecule has 3 nitrogen and oxygen atoms in total. The van der Waals surface area contributed by atoms with Gasteiger partial charge in [0.25, 0.3) is 0 Å². The molecule has 0 saturated carbocycles. The summed E-state index contributed by atoms with van der Waals surface area (Å²) in [5.41, 5.74) is 0. The smallest absolute Gasteiger partial charge is 0.0783 e. The highest BCUT2D eigenvalue weighted by Crippen LogP contribution is 2.16. The van der Waals surface area contributed by atoms with Crippen LogP contribution in [0.4, 0.5) is 0 Å². The lowest BCUT2D eigenvalue weighted by Crippen LogP contribution is -2.35. The van der Waals surface area contributed by atoms with Gasteiger partial charge in [0.2, 0.25) is 0 Å². The monoisotopic (exact) mass is 237 g/mol. The molecule has 0 bridgehead atoms. The van der Waals surface area contributed by atoms with Crippen LogP contribution in [-0.2, 0) is 0 Å². The van der Waals surface area contributed by atoms with E-state index in [-0.39, 0.29) is 6.61 Å². The molecular formula is C9H19NO2S2. The van der Waals surface area contributed by atoms with Crippen molar-refractivity contribution in [2.75, 3.05) is 36.2 Å². The Morgan fingerprint density at radius 1 is 1.29 bits per heavy atom. The lowest BCUT2D eigenvalue weighted by atomic mass is 10.2. The molecule has 0 aromatic carbocycles. The second-order valence-electron chi connectivity index (χ2n) is 3.43. The first-order valence-electron chi connectivity index (χ1n) is 5.00. The van der Waals surface area contributed by atoms with Gasteiger partial charge in [-0.2, -0.15) is 23.5 Å². The van der Waals surface area contributed by atoms with Crippen molar-refractivity contribution in [3.8, 4) is 0 Å². The van der Waals surface area contributed by atoms with Crippen molar-refractivity contribution < 1.29 is 10.2 Å². The Balaban J connectivity index is 2.04.